The van der Waals surface area contributed by atoms with E-state index >= 15 is 0 Å². The maximum Gasteiger partial charge on any atom is 0.242 e. The van der Waals surface area contributed by atoms with E-state index in [0.29, 0.717) is 11.4 Å². The van der Waals surface area contributed by atoms with E-state index in [4.69, 9.17) is 16.3 Å². The molecule has 0 bridgehead atoms. The van der Waals surface area contributed by atoms with Gasteiger partial charge in [-0.2, -0.15) is 4.72 Å². The molecule has 1 amide bonds. The lowest BCUT2D eigenvalue weighted by atomic mass is 10.1. The molecule has 0 aliphatic carbocycles. The minimum Gasteiger partial charge on any atom is -0.495 e. The number of carbonyl (C=O) groups is 1. The van der Waals surface area contributed by atoms with Gasteiger partial charge in [-0.1, -0.05) is 84.0 Å². The van der Waals surface area contributed by atoms with Crippen LogP contribution in [0.1, 0.15) is 5.56 Å². The van der Waals surface area contributed by atoms with Crippen molar-refractivity contribution >= 4 is 45.0 Å². The number of hydrogen-bond acceptors (Lipinski definition) is 5. The molecule has 0 unspecified atom stereocenters. The maximum atomic E-state index is 13.5. The number of nitrogens with one attached hydrogen (secondary N) is 2. The Morgan fingerprint density at radius 2 is 1.57 bits per heavy atom. The van der Waals surface area contributed by atoms with Gasteiger partial charge in [-0.3, -0.25) is 4.79 Å². The van der Waals surface area contributed by atoms with Crippen LogP contribution in [0, 0.1) is 0 Å². The summed E-state index contributed by atoms with van der Waals surface area (Å²) in [5, 5.41) is 3.08. The van der Waals surface area contributed by atoms with Gasteiger partial charge in [0.05, 0.1) is 22.7 Å². The van der Waals surface area contributed by atoms with Gasteiger partial charge in [0.15, 0.2) is 0 Å². The van der Waals surface area contributed by atoms with Gasteiger partial charge in [0.1, 0.15) is 11.8 Å². The van der Waals surface area contributed by atoms with Crippen LogP contribution >= 0.6 is 23.4 Å². The van der Waals surface area contributed by atoms with Crippen molar-refractivity contribution in [3.63, 3.8) is 0 Å². The molecule has 9 heteroatoms. The highest BCUT2D eigenvalue weighted by molar-refractivity contribution is 7.99. The predicted octanol–water partition coefficient (Wildman–Crippen LogP) is 6.03. The van der Waals surface area contributed by atoms with Crippen molar-refractivity contribution in [2.45, 2.75) is 27.1 Å². The fraction of sp³-hybridized carbons (Fsp3) is 0.107. The molecule has 4 rings (SSSR count). The van der Waals surface area contributed by atoms with Gasteiger partial charge < -0.3 is 10.1 Å². The molecule has 0 saturated heterocycles. The van der Waals surface area contributed by atoms with Gasteiger partial charge in [-0.05, 0) is 54.4 Å². The first kappa shape index (κ1) is 26.8. The summed E-state index contributed by atoms with van der Waals surface area (Å²) in [5.41, 5.74) is 1.40. The molecule has 2 N–H and O–H groups in total. The third-order valence-corrected chi connectivity index (χ3v) is 8.29. The fourth-order valence-electron chi connectivity index (χ4n) is 3.60. The number of halogens is 1. The van der Waals surface area contributed by atoms with Crippen LogP contribution in [-0.2, 0) is 21.2 Å². The summed E-state index contributed by atoms with van der Waals surface area (Å²) >= 11 is 7.66. The Kier molecular flexibility index (Phi) is 8.89. The summed E-state index contributed by atoms with van der Waals surface area (Å²) in [6, 6.07) is 29.5. The number of hydrogen-bond donors (Lipinski definition) is 2. The molecule has 4 aromatic rings. The van der Waals surface area contributed by atoms with Gasteiger partial charge in [-0.15, -0.1) is 0 Å². The molecule has 0 radical (unpaired) electrons. The average molecular weight is 553 g/mol. The largest absolute Gasteiger partial charge is 0.495 e. The quantitative estimate of drug-likeness (QED) is 0.251. The van der Waals surface area contributed by atoms with E-state index in [-0.39, 0.29) is 16.3 Å². The number of methoxy groups -OCH3 is 1. The second-order valence-corrected chi connectivity index (χ2v) is 11.3. The van der Waals surface area contributed by atoms with E-state index < -0.39 is 22.0 Å². The van der Waals surface area contributed by atoms with Crippen molar-refractivity contribution in [2.24, 2.45) is 0 Å². The summed E-state index contributed by atoms with van der Waals surface area (Å²) in [4.78, 5) is 15.3. The summed E-state index contributed by atoms with van der Waals surface area (Å²) in [6.45, 7) is 0. The van der Waals surface area contributed by atoms with Crippen LogP contribution in [0.15, 0.2) is 118 Å². The van der Waals surface area contributed by atoms with Gasteiger partial charge in [-0.25, -0.2) is 8.42 Å². The van der Waals surface area contributed by atoms with E-state index in [1.54, 1.807) is 6.07 Å². The summed E-state index contributed by atoms with van der Waals surface area (Å²) in [5.74, 6) is -0.125. The van der Waals surface area contributed by atoms with Crippen LogP contribution in [0.3, 0.4) is 0 Å². The van der Waals surface area contributed by atoms with Crippen LogP contribution in [0.5, 0.6) is 5.75 Å². The number of carbonyl (C=O) groups excluding carboxylic acids is 1. The number of amides is 1. The molecule has 0 heterocycles. The Morgan fingerprint density at radius 1 is 0.919 bits per heavy atom. The van der Waals surface area contributed by atoms with Crippen LogP contribution in [0.25, 0.3) is 0 Å². The van der Waals surface area contributed by atoms with E-state index in [1.165, 1.54) is 37.1 Å². The average Bonchev–Trinajstić information content (AvgIpc) is 2.90. The smallest absolute Gasteiger partial charge is 0.242 e. The zero-order valence-electron chi connectivity index (χ0n) is 19.9. The molecular formula is C28H25ClN2O4S2. The number of para-hydroxylation sites is 1. The van der Waals surface area contributed by atoms with Crippen molar-refractivity contribution in [3.05, 3.63) is 114 Å². The Hall–Kier alpha value is -3.30. The Balaban J connectivity index is 1.60. The molecule has 6 nitrogen and oxygen atoms in total. The Bertz CT molecular complexity index is 1470. The highest BCUT2D eigenvalue weighted by atomic mass is 35.5. The molecule has 190 valence electrons. The van der Waals surface area contributed by atoms with E-state index in [9.17, 15) is 13.2 Å². The molecule has 0 aliphatic rings. The molecule has 4 aromatic carbocycles. The van der Waals surface area contributed by atoms with E-state index in [0.717, 1.165) is 15.4 Å². The number of anilines is 1. The number of sulfonamides is 1. The molecule has 0 aromatic heterocycles. The Labute approximate surface area is 226 Å². The highest BCUT2D eigenvalue weighted by Gasteiger charge is 2.27. The molecule has 0 fully saturated rings. The summed E-state index contributed by atoms with van der Waals surface area (Å²) < 4.78 is 34.2. The van der Waals surface area contributed by atoms with Crippen molar-refractivity contribution in [3.8, 4) is 5.75 Å². The lowest BCUT2D eigenvalue weighted by Gasteiger charge is -2.20. The van der Waals surface area contributed by atoms with Crippen molar-refractivity contribution in [1.29, 1.82) is 0 Å². The lowest BCUT2D eigenvalue weighted by molar-refractivity contribution is -0.117. The van der Waals surface area contributed by atoms with Crippen LogP contribution < -0.4 is 14.8 Å². The minimum atomic E-state index is -4.08. The van der Waals surface area contributed by atoms with Gasteiger partial charge >= 0.3 is 0 Å². The van der Waals surface area contributed by atoms with Gasteiger partial charge in [0.2, 0.25) is 15.9 Å². The third-order valence-electron chi connectivity index (χ3n) is 5.45. The zero-order valence-corrected chi connectivity index (χ0v) is 22.3. The zero-order chi connectivity index (χ0) is 26.3. The topological polar surface area (TPSA) is 84.5 Å². The maximum absolute atomic E-state index is 13.5. The normalized spacial score (nSPS) is 12.1. The van der Waals surface area contributed by atoms with Crippen molar-refractivity contribution in [2.75, 3.05) is 12.4 Å². The highest BCUT2D eigenvalue weighted by Crippen LogP contribution is 2.33. The second kappa shape index (κ2) is 12.3. The lowest BCUT2D eigenvalue weighted by Crippen LogP contribution is -2.45. The number of ether oxygens (including phenoxy) is 1. The third kappa shape index (κ3) is 7.14. The first-order valence-corrected chi connectivity index (χ1v) is 14.1. The second-order valence-electron chi connectivity index (χ2n) is 8.06. The molecule has 1 atom stereocenters. The van der Waals surface area contributed by atoms with E-state index in [2.05, 4.69) is 10.0 Å². The first-order chi connectivity index (χ1) is 17.9. The minimum absolute atomic E-state index is 0.0656. The first-order valence-electron chi connectivity index (χ1n) is 11.4. The van der Waals surface area contributed by atoms with Crippen molar-refractivity contribution < 1.29 is 17.9 Å². The van der Waals surface area contributed by atoms with Crippen LogP contribution in [0.4, 0.5) is 5.69 Å². The van der Waals surface area contributed by atoms with E-state index in [1.807, 2.05) is 78.9 Å². The predicted molar refractivity (Wildman–Crippen MR) is 148 cm³/mol. The molecule has 0 spiro atoms. The summed E-state index contributed by atoms with van der Waals surface area (Å²) in [6.07, 6.45) is 0.157. The molecular weight excluding hydrogens is 528 g/mol. The standard InChI is InChI=1S/C28H25ClN2O4S2/c1-35-26-17-16-22(19-23(26)29)37(33,34)31-25(18-20-10-4-2-5-11-20)28(32)30-24-14-8-9-15-27(24)36-21-12-6-3-7-13-21/h2-17,19,25,31H,18H2,1H3,(H,30,32)/t25-/m1/s1. The van der Waals surface area contributed by atoms with Gasteiger partial charge in [0, 0.05) is 9.79 Å². The van der Waals surface area contributed by atoms with Crippen LogP contribution in [0.2, 0.25) is 5.02 Å². The van der Waals surface area contributed by atoms with Crippen molar-refractivity contribution in [1.82, 2.24) is 4.72 Å². The summed E-state index contributed by atoms with van der Waals surface area (Å²) in [7, 11) is -2.63. The fourth-order valence-corrected chi connectivity index (χ4v) is 6.07. The number of rotatable bonds is 10. The van der Waals surface area contributed by atoms with Gasteiger partial charge in [0.25, 0.3) is 0 Å². The molecule has 0 aliphatic heterocycles. The molecule has 0 saturated carbocycles. The molecule has 37 heavy (non-hydrogen) atoms. The Morgan fingerprint density at radius 3 is 2.24 bits per heavy atom. The monoisotopic (exact) mass is 552 g/mol. The van der Waals surface area contributed by atoms with Crippen LogP contribution in [-0.4, -0.2) is 27.5 Å². The number of benzene rings is 4. The SMILES string of the molecule is COc1ccc(S(=O)(=O)N[C@H](Cc2ccccc2)C(=O)Nc2ccccc2Sc2ccccc2)cc1Cl.